The van der Waals surface area contributed by atoms with Crippen LogP contribution in [-0.4, -0.2) is 4.98 Å². The van der Waals surface area contributed by atoms with Crippen molar-refractivity contribution in [1.82, 2.24) is 4.98 Å². The average Bonchev–Trinajstić information content (AvgIpc) is 3.21. The maximum Gasteiger partial charge on any atom is 0.208 e. The predicted octanol–water partition coefficient (Wildman–Crippen LogP) is 4.95. The molecule has 0 fully saturated rings. The minimum atomic E-state index is -2.17. The van der Waals surface area contributed by atoms with Crippen molar-refractivity contribution in [1.29, 1.82) is 0 Å². The molecule has 0 unspecified atom stereocenters. The van der Waals surface area contributed by atoms with Gasteiger partial charge in [0.2, 0.25) is 5.13 Å². The van der Waals surface area contributed by atoms with Gasteiger partial charge in [0.1, 0.15) is 0 Å². The van der Waals surface area contributed by atoms with Crippen molar-refractivity contribution in [3.05, 3.63) is 103 Å². The fraction of sp³-hybridized carbons (Fsp3) is 0. The Hall–Kier alpha value is -2.48. The third kappa shape index (κ3) is 3.09. The van der Waals surface area contributed by atoms with Gasteiger partial charge in [0.05, 0.1) is 7.05 Å². The van der Waals surface area contributed by atoms with Crippen LogP contribution in [-0.2, 0) is 0 Å². The van der Waals surface area contributed by atoms with Crippen LogP contribution in [0.3, 0.4) is 0 Å². The molecular weight excluding hydrogens is 343 g/mol. The number of benzene rings is 3. The zero-order chi connectivity index (χ0) is 17.0. The van der Waals surface area contributed by atoms with Crippen molar-refractivity contribution in [3.8, 4) is 0 Å². The summed E-state index contributed by atoms with van der Waals surface area (Å²) in [6.07, 6.45) is 1.82. The van der Waals surface area contributed by atoms with Crippen LogP contribution in [0.15, 0.2) is 107 Å². The number of thiazole rings is 1. The molecule has 0 aliphatic rings. The first-order valence-electron chi connectivity index (χ1n) is 8.08. The monoisotopic (exact) mass is 360 g/mol. The van der Waals surface area contributed by atoms with Crippen LogP contribution in [0.4, 0.5) is 5.13 Å². The second-order valence-corrected chi connectivity index (χ2v) is 9.45. The summed E-state index contributed by atoms with van der Waals surface area (Å²) in [4.78, 5) is 4.46. The topological polar surface area (TPSA) is 25.2 Å². The molecule has 1 aromatic heterocycles. The Morgan fingerprint density at radius 1 is 0.640 bits per heavy atom. The second-order valence-electron chi connectivity index (χ2n) is 5.56. The standard InChI is InChI=1S/C21H17N2PS/c1-4-10-18(11-5-1)24(19-12-6-2-7-13-19,20-14-8-3-9-15-20)23-21-22-16-17-25-21/h1-17H. The molecule has 0 amide bonds. The minimum absolute atomic E-state index is 0.824. The molecule has 4 rings (SSSR count). The molecule has 0 bridgehead atoms. The molecule has 25 heavy (non-hydrogen) atoms. The molecule has 1 heterocycles. The number of nitrogens with zero attached hydrogens (tertiary/aromatic N) is 2. The van der Waals surface area contributed by atoms with E-state index in [-0.39, 0.29) is 0 Å². The minimum Gasteiger partial charge on any atom is -0.227 e. The molecule has 0 atom stereocenters. The molecule has 3 aromatic carbocycles. The van der Waals surface area contributed by atoms with Crippen molar-refractivity contribution in [2.24, 2.45) is 4.74 Å². The van der Waals surface area contributed by atoms with E-state index in [9.17, 15) is 0 Å². The van der Waals surface area contributed by atoms with Crippen LogP contribution in [0.25, 0.3) is 0 Å². The lowest BCUT2D eigenvalue weighted by Crippen LogP contribution is -2.25. The second kappa shape index (κ2) is 7.18. The number of rotatable bonds is 4. The highest BCUT2D eigenvalue weighted by Gasteiger charge is 2.27. The van der Waals surface area contributed by atoms with E-state index in [1.165, 1.54) is 15.9 Å². The smallest absolute Gasteiger partial charge is 0.208 e. The summed E-state index contributed by atoms with van der Waals surface area (Å²) in [5.41, 5.74) is 0. The molecule has 0 radical (unpaired) electrons. The Balaban J connectivity index is 2.13. The lowest BCUT2D eigenvalue weighted by molar-refractivity contribution is 1.37. The maximum absolute atomic E-state index is 5.28. The molecule has 0 spiro atoms. The highest BCUT2D eigenvalue weighted by Crippen LogP contribution is 2.49. The SMILES string of the molecule is c1ccc(P(=Nc2nccs2)(c2ccccc2)c2ccccc2)cc1. The van der Waals surface area contributed by atoms with Gasteiger partial charge in [0.25, 0.3) is 0 Å². The number of hydrogen-bond donors (Lipinski definition) is 0. The summed E-state index contributed by atoms with van der Waals surface area (Å²) in [5.74, 6) is 0. The molecule has 0 aliphatic heterocycles. The average molecular weight is 360 g/mol. The number of hydrogen-bond acceptors (Lipinski definition) is 3. The van der Waals surface area contributed by atoms with Gasteiger partial charge in [-0.05, 0) is 0 Å². The fourth-order valence-corrected chi connectivity index (χ4v) is 7.23. The molecule has 4 aromatic rings. The summed E-state index contributed by atoms with van der Waals surface area (Å²) in [5, 5.41) is 6.52. The van der Waals surface area contributed by atoms with Gasteiger partial charge >= 0.3 is 0 Å². The van der Waals surface area contributed by atoms with E-state index in [0.717, 1.165) is 5.13 Å². The number of aromatic nitrogens is 1. The summed E-state index contributed by atoms with van der Waals surface area (Å²) in [7, 11) is -2.17. The maximum atomic E-state index is 5.28. The predicted molar refractivity (Wildman–Crippen MR) is 109 cm³/mol. The largest absolute Gasteiger partial charge is 0.227 e. The van der Waals surface area contributed by atoms with Gasteiger partial charge in [-0.1, -0.05) is 91.0 Å². The Bertz CT molecular complexity index is 879. The van der Waals surface area contributed by atoms with Gasteiger partial charge in [-0.15, -0.1) is 11.3 Å². The Labute approximate surface area is 151 Å². The van der Waals surface area contributed by atoms with E-state index in [1.807, 2.05) is 11.6 Å². The highest BCUT2D eigenvalue weighted by atomic mass is 32.1. The van der Waals surface area contributed by atoms with Crippen molar-refractivity contribution in [2.45, 2.75) is 0 Å². The lowest BCUT2D eigenvalue weighted by atomic mass is 10.4. The van der Waals surface area contributed by atoms with E-state index in [0.29, 0.717) is 0 Å². The third-order valence-electron chi connectivity index (χ3n) is 4.04. The molecule has 0 N–H and O–H groups in total. The first kappa shape index (κ1) is 16.0. The molecule has 122 valence electrons. The molecular formula is C21H17N2PS. The quantitative estimate of drug-likeness (QED) is 0.473. The zero-order valence-electron chi connectivity index (χ0n) is 13.6. The van der Waals surface area contributed by atoms with Crippen molar-refractivity contribution >= 4 is 39.4 Å². The van der Waals surface area contributed by atoms with E-state index < -0.39 is 7.05 Å². The van der Waals surface area contributed by atoms with Crippen molar-refractivity contribution < 1.29 is 0 Å². The summed E-state index contributed by atoms with van der Waals surface area (Å²) < 4.78 is 5.28. The van der Waals surface area contributed by atoms with Crippen LogP contribution < -0.4 is 15.9 Å². The van der Waals surface area contributed by atoms with Gasteiger partial charge in [0.15, 0.2) is 0 Å². The van der Waals surface area contributed by atoms with Gasteiger partial charge < -0.3 is 0 Å². The van der Waals surface area contributed by atoms with E-state index in [2.05, 4.69) is 96.0 Å². The Morgan fingerprint density at radius 3 is 1.44 bits per heavy atom. The fourth-order valence-electron chi connectivity index (χ4n) is 2.95. The summed E-state index contributed by atoms with van der Waals surface area (Å²) in [6, 6.07) is 31.8. The molecule has 4 heteroatoms. The third-order valence-corrected chi connectivity index (χ3v) is 8.47. The molecule has 0 saturated carbocycles. The van der Waals surface area contributed by atoms with E-state index in [4.69, 9.17) is 4.74 Å². The Morgan fingerprint density at radius 2 is 1.08 bits per heavy atom. The molecule has 0 aliphatic carbocycles. The van der Waals surface area contributed by atoms with Crippen LogP contribution in [0.1, 0.15) is 0 Å². The van der Waals surface area contributed by atoms with Crippen LogP contribution in [0.2, 0.25) is 0 Å². The summed E-state index contributed by atoms with van der Waals surface area (Å²) in [6.45, 7) is 0. The van der Waals surface area contributed by atoms with Gasteiger partial charge in [-0.2, -0.15) is 0 Å². The van der Waals surface area contributed by atoms with Crippen LogP contribution in [0.5, 0.6) is 0 Å². The van der Waals surface area contributed by atoms with E-state index >= 15 is 0 Å². The lowest BCUT2D eigenvalue weighted by Gasteiger charge is -2.26. The first-order chi connectivity index (χ1) is 12.4. The zero-order valence-corrected chi connectivity index (χ0v) is 15.3. The van der Waals surface area contributed by atoms with Crippen LogP contribution >= 0.6 is 18.4 Å². The van der Waals surface area contributed by atoms with Gasteiger partial charge in [0, 0.05) is 27.5 Å². The normalized spacial score (nSPS) is 11.2. The van der Waals surface area contributed by atoms with Crippen molar-refractivity contribution in [3.63, 3.8) is 0 Å². The Kier molecular flexibility index (Phi) is 4.60. The first-order valence-corrected chi connectivity index (χ1v) is 10.7. The van der Waals surface area contributed by atoms with E-state index in [1.54, 1.807) is 11.3 Å². The molecule has 2 nitrogen and oxygen atoms in total. The molecule has 0 saturated heterocycles. The van der Waals surface area contributed by atoms with Gasteiger partial charge in [-0.3, -0.25) is 0 Å². The summed E-state index contributed by atoms with van der Waals surface area (Å²) >= 11 is 1.58. The van der Waals surface area contributed by atoms with Gasteiger partial charge in [-0.25, -0.2) is 9.73 Å². The van der Waals surface area contributed by atoms with Crippen LogP contribution in [0, 0.1) is 0 Å². The highest BCUT2D eigenvalue weighted by molar-refractivity contribution is 7.87. The van der Waals surface area contributed by atoms with Crippen molar-refractivity contribution in [2.75, 3.05) is 0 Å².